The highest BCUT2D eigenvalue weighted by Crippen LogP contribution is 2.33. The zero-order chi connectivity index (χ0) is 49.7. The number of aromatic nitrogens is 8. The van der Waals surface area contributed by atoms with Crippen molar-refractivity contribution in [3.63, 3.8) is 0 Å². The number of carbonyl (C=O) groups is 7. The van der Waals surface area contributed by atoms with Gasteiger partial charge in [0.1, 0.15) is 22.5 Å². The molecule has 0 aliphatic carbocycles. The summed E-state index contributed by atoms with van der Waals surface area (Å²) >= 11 is 0. The Balaban J connectivity index is 1.19. The van der Waals surface area contributed by atoms with Crippen LogP contribution in [-0.2, 0) is 40.6 Å². The Bertz CT molecular complexity index is 3080. The summed E-state index contributed by atoms with van der Waals surface area (Å²) < 4.78 is 18.7. The Kier molecular flexibility index (Phi) is 14.3. The number of rotatable bonds is 21. The molecule has 6 aromatic rings. The Morgan fingerprint density at radius 2 is 1.20 bits per heavy atom. The number of imide groups is 1. The fraction of sp³-hybridized carbons (Fsp3) is 0.326. The van der Waals surface area contributed by atoms with E-state index in [1.807, 2.05) is 27.7 Å². The van der Waals surface area contributed by atoms with E-state index in [4.69, 9.17) is 25.9 Å². The van der Waals surface area contributed by atoms with Gasteiger partial charge in [-0.2, -0.15) is 10.2 Å². The minimum Gasteiger partial charge on any atom is -0.494 e. The van der Waals surface area contributed by atoms with Gasteiger partial charge in [0.05, 0.1) is 24.8 Å². The number of nitrogens with zero attached hydrogens (tertiary/aromatic N) is 10. The summed E-state index contributed by atoms with van der Waals surface area (Å²) in [5.74, 6) is -3.03. The lowest BCUT2D eigenvalue weighted by atomic mass is 10.1. The average Bonchev–Trinajstić information content (AvgIpc) is 4.14. The van der Waals surface area contributed by atoms with E-state index in [0.717, 1.165) is 28.4 Å². The van der Waals surface area contributed by atoms with E-state index in [-0.39, 0.29) is 96.5 Å². The van der Waals surface area contributed by atoms with Gasteiger partial charge in [0, 0.05) is 87.4 Å². The Morgan fingerprint density at radius 3 is 1.65 bits per heavy atom. The van der Waals surface area contributed by atoms with Crippen molar-refractivity contribution in [2.45, 2.75) is 66.7 Å². The fourth-order valence-corrected chi connectivity index (χ4v) is 7.79. The number of allylic oxidation sites excluding steroid dienone is 2. The zero-order valence-corrected chi connectivity index (χ0v) is 38.9. The number of fused-ring (bicyclic) bond motifs is 2. The number of nitrogens with one attached hydrogen (secondary N) is 2. The van der Waals surface area contributed by atoms with E-state index < -0.39 is 35.4 Å². The van der Waals surface area contributed by atoms with Crippen molar-refractivity contribution in [2.75, 3.05) is 44.5 Å². The molecular weight excluding hydrogens is 893 g/mol. The van der Waals surface area contributed by atoms with Crippen molar-refractivity contribution in [1.29, 1.82) is 0 Å². The van der Waals surface area contributed by atoms with Crippen molar-refractivity contribution in [3.05, 3.63) is 94.6 Å². The number of hydrogen-bond donors (Lipinski definition) is 4. The number of methoxy groups -OCH3 is 1. The number of ether oxygens (including phenoxy) is 2. The van der Waals surface area contributed by atoms with Crippen LogP contribution in [-0.4, -0.2) is 124 Å². The molecule has 23 nitrogen and oxygen atoms in total. The number of imidazole rings is 2. The number of amides is 7. The molecule has 6 N–H and O–H groups in total. The second kappa shape index (κ2) is 20.5. The monoisotopic (exact) mass is 944 g/mol. The van der Waals surface area contributed by atoms with Crippen LogP contribution in [0.3, 0.4) is 0 Å². The van der Waals surface area contributed by atoms with Crippen LogP contribution < -0.4 is 31.6 Å². The van der Waals surface area contributed by atoms with Gasteiger partial charge in [-0.25, -0.2) is 9.97 Å². The molecule has 0 bridgehead atoms. The lowest BCUT2D eigenvalue weighted by molar-refractivity contribution is -0.138. The van der Waals surface area contributed by atoms with Crippen LogP contribution >= 0.6 is 0 Å². The van der Waals surface area contributed by atoms with E-state index in [1.165, 1.54) is 36.3 Å². The second-order valence-electron chi connectivity index (χ2n) is 16.0. The summed E-state index contributed by atoms with van der Waals surface area (Å²) in [6.45, 7) is 9.04. The third-order valence-electron chi connectivity index (χ3n) is 11.4. The van der Waals surface area contributed by atoms with Gasteiger partial charge in [0.25, 0.3) is 23.6 Å². The maximum atomic E-state index is 13.7. The third-order valence-corrected chi connectivity index (χ3v) is 11.4. The molecule has 2 aromatic carbocycles. The van der Waals surface area contributed by atoms with Crippen LogP contribution in [0.2, 0.25) is 0 Å². The minimum absolute atomic E-state index is 0.0476. The topological polar surface area (TPSA) is 292 Å². The van der Waals surface area contributed by atoms with Crippen molar-refractivity contribution < 1.29 is 43.0 Å². The Morgan fingerprint density at radius 1 is 0.725 bits per heavy atom. The number of carbonyl (C=O) groups excluding carboxylic acids is 7. The van der Waals surface area contributed by atoms with E-state index >= 15 is 0 Å². The van der Waals surface area contributed by atoms with Crippen LogP contribution in [0.4, 0.5) is 11.9 Å². The van der Waals surface area contributed by atoms with Crippen molar-refractivity contribution in [3.8, 4) is 11.5 Å². The SMILES string of the molecule is CCn1nc(C(=O)Nc2nc3cc(C(N)=O)cc(OC)c3n2C/C=C/Cn2c(NC(=O)c3cc(C)n(CC)n3)nc3cc(C(N)=O)cc(OCCCN(C)C(=O)CCN4C(=O)C=CC4=O)c32)cc1C. The zero-order valence-electron chi connectivity index (χ0n) is 38.9. The molecule has 5 heterocycles. The summed E-state index contributed by atoms with van der Waals surface area (Å²) in [5.41, 5.74) is 15.0. The van der Waals surface area contributed by atoms with Gasteiger partial charge < -0.3 is 35.0 Å². The predicted octanol–water partition coefficient (Wildman–Crippen LogP) is 2.95. The van der Waals surface area contributed by atoms with E-state index in [2.05, 4.69) is 25.8 Å². The molecule has 0 saturated heterocycles. The molecule has 23 heteroatoms. The summed E-state index contributed by atoms with van der Waals surface area (Å²) in [4.78, 5) is 101. The number of aryl methyl sites for hydroxylation is 4. The van der Waals surface area contributed by atoms with Gasteiger partial charge in [0.15, 0.2) is 11.4 Å². The van der Waals surface area contributed by atoms with E-state index in [0.29, 0.717) is 36.1 Å². The highest BCUT2D eigenvalue weighted by Gasteiger charge is 2.26. The quantitative estimate of drug-likeness (QED) is 0.0459. The van der Waals surface area contributed by atoms with Crippen LogP contribution in [0.25, 0.3) is 22.1 Å². The molecule has 0 spiro atoms. The number of anilines is 2. The molecule has 7 rings (SSSR count). The molecule has 0 fully saturated rings. The number of primary amides is 2. The fourth-order valence-electron chi connectivity index (χ4n) is 7.79. The standard InChI is InChI=1S/C46H52N14O9/c1-7-59-26(3)20-32(53-59)43(66)51-45-49-30-22-28(41(47)64)24-34(68-6)39(30)57(45)16-9-10-17-58-40-31(50-46(58)52-44(67)33-21-27(4)60(8-2)54-33)23-29(42(48)65)25-35(40)69-19-11-15-55(5)36(61)14-18-56-37(62)12-13-38(56)63/h9-10,12-13,20-25H,7-8,11,14-19H2,1-6H3,(H2,47,64)(H2,48,65)(H,49,51,66)(H,50,52,67)/b10-9+. The maximum absolute atomic E-state index is 13.7. The summed E-state index contributed by atoms with van der Waals surface area (Å²) in [6, 6.07) is 9.26. The van der Waals surface area contributed by atoms with Gasteiger partial charge >= 0.3 is 0 Å². The van der Waals surface area contributed by atoms with E-state index in [1.54, 1.807) is 49.8 Å². The van der Waals surface area contributed by atoms with Crippen molar-refractivity contribution >= 4 is 75.3 Å². The van der Waals surface area contributed by atoms with Crippen molar-refractivity contribution in [1.82, 2.24) is 48.5 Å². The summed E-state index contributed by atoms with van der Waals surface area (Å²) in [6.07, 6.45) is 6.18. The first-order valence-corrected chi connectivity index (χ1v) is 22.0. The predicted molar refractivity (Wildman–Crippen MR) is 252 cm³/mol. The van der Waals surface area contributed by atoms with Gasteiger partial charge in [-0.3, -0.25) is 58.5 Å². The molecule has 1 aliphatic heterocycles. The Labute approximate surface area is 394 Å². The van der Waals surface area contributed by atoms with Crippen molar-refractivity contribution in [2.24, 2.45) is 11.5 Å². The Hall–Kier alpha value is -8.63. The molecule has 4 aromatic heterocycles. The highest BCUT2D eigenvalue weighted by molar-refractivity contribution is 6.13. The molecule has 0 unspecified atom stereocenters. The first-order chi connectivity index (χ1) is 33.0. The molecule has 360 valence electrons. The van der Waals surface area contributed by atoms with Gasteiger partial charge in [-0.1, -0.05) is 12.2 Å². The molecule has 7 amide bonds. The lowest BCUT2D eigenvalue weighted by Gasteiger charge is -2.19. The molecule has 1 aliphatic rings. The average molecular weight is 945 g/mol. The molecule has 0 saturated carbocycles. The summed E-state index contributed by atoms with van der Waals surface area (Å²) in [5, 5.41) is 14.5. The number of nitrogens with two attached hydrogens (primary N) is 2. The summed E-state index contributed by atoms with van der Waals surface area (Å²) in [7, 11) is 3.03. The molecular formula is C46H52N14O9. The number of hydrogen-bond acceptors (Lipinski definition) is 13. The largest absolute Gasteiger partial charge is 0.494 e. The smallest absolute Gasteiger partial charge is 0.278 e. The maximum Gasteiger partial charge on any atom is 0.278 e. The van der Waals surface area contributed by atoms with Crippen LogP contribution in [0.5, 0.6) is 11.5 Å². The lowest BCUT2D eigenvalue weighted by Crippen LogP contribution is -2.36. The second-order valence-corrected chi connectivity index (χ2v) is 16.0. The van der Waals surface area contributed by atoms with E-state index in [9.17, 15) is 33.6 Å². The molecule has 69 heavy (non-hydrogen) atoms. The number of benzene rings is 2. The minimum atomic E-state index is -0.750. The van der Waals surface area contributed by atoms with Gasteiger partial charge in [0.2, 0.25) is 29.6 Å². The van der Waals surface area contributed by atoms with Crippen LogP contribution in [0.15, 0.2) is 60.7 Å². The van der Waals surface area contributed by atoms with Gasteiger partial charge in [-0.15, -0.1) is 0 Å². The highest BCUT2D eigenvalue weighted by atomic mass is 16.5. The first kappa shape index (κ1) is 48.3. The van der Waals surface area contributed by atoms with Gasteiger partial charge in [-0.05, 0) is 70.5 Å². The third kappa shape index (κ3) is 10.4. The first-order valence-electron chi connectivity index (χ1n) is 22.0. The molecule has 0 radical (unpaired) electrons. The molecule has 0 atom stereocenters. The normalized spacial score (nSPS) is 12.5. The van der Waals surface area contributed by atoms with Crippen LogP contribution in [0.1, 0.15) is 79.8 Å². The van der Waals surface area contributed by atoms with Crippen LogP contribution in [0, 0.1) is 13.8 Å².